The number of nitrogens with zero attached hydrogens (tertiary/aromatic N) is 2. The molecule has 0 atom stereocenters. The van der Waals surface area contributed by atoms with E-state index < -0.39 is 20.0 Å². The first-order chi connectivity index (χ1) is 12.5. The van der Waals surface area contributed by atoms with Crippen molar-refractivity contribution in [1.82, 2.24) is 9.97 Å². The zero-order chi connectivity index (χ0) is 18.2. The molecule has 1 fully saturated rings. The number of quaternary nitrogens is 1. The molecule has 0 unspecified atom stereocenters. The standard InChI is InChI=1S/C18H18N4O3S/c23-18(16-13-20-17-15(16)9-6-10-19-17)22(11-4-5-12-22)26(24,25)21-14-7-2-1-3-8-14/h1-3,6-10,13,21H,4-5,11-12H2/p+1. The molecule has 3 aromatic rings. The lowest BCUT2D eigenvalue weighted by atomic mass is 10.2. The van der Waals surface area contributed by atoms with E-state index in [1.165, 1.54) is 0 Å². The number of para-hydroxylation sites is 1. The Morgan fingerprint density at radius 1 is 1.08 bits per heavy atom. The molecule has 7 nitrogen and oxygen atoms in total. The highest BCUT2D eigenvalue weighted by atomic mass is 32.2. The van der Waals surface area contributed by atoms with Gasteiger partial charge in [-0.2, -0.15) is 8.42 Å². The Kier molecular flexibility index (Phi) is 4.01. The molecule has 2 aromatic heterocycles. The Bertz CT molecular complexity index is 1050. The van der Waals surface area contributed by atoms with Crippen LogP contribution in [0.4, 0.5) is 5.69 Å². The molecule has 3 heterocycles. The summed E-state index contributed by atoms with van der Waals surface area (Å²) in [5.74, 6) is -0.426. The van der Waals surface area contributed by atoms with Gasteiger partial charge < -0.3 is 4.98 Å². The van der Waals surface area contributed by atoms with Gasteiger partial charge in [0.15, 0.2) is 0 Å². The molecule has 1 aliphatic heterocycles. The minimum absolute atomic E-state index is 0.258. The van der Waals surface area contributed by atoms with Crippen molar-refractivity contribution in [2.75, 3.05) is 17.8 Å². The van der Waals surface area contributed by atoms with Crippen molar-refractivity contribution in [2.24, 2.45) is 0 Å². The molecule has 0 saturated carbocycles. The average molecular weight is 371 g/mol. The van der Waals surface area contributed by atoms with E-state index in [-0.39, 0.29) is 13.1 Å². The first-order valence-electron chi connectivity index (χ1n) is 8.46. The highest BCUT2D eigenvalue weighted by molar-refractivity contribution is 7.87. The van der Waals surface area contributed by atoms with Crippen molar-refractivity contribution in [3.05, 3.63) is 60.4 Å². The summed E-state index contributed by atoms with van der Waals surface area (Å²) in [5, 5.41) is 0.636. The number of aromatic amines is 1. The van der Waals surface area contributed by atoms with Gasteiger partial charge in [0, 0.05) is 30.6 Å². The van der Waals surface area contributed by atoms with E-state index in [1.807, 2.05) is 6.07 Å². The number of carbonyl (C=O) groups is 1. The molecular weight excluding hydrogens is 352 g/mol. The van der Waals surface area contributed by atoms with E-state index in [0.717, 1.165) is 0 Å². The summed E-state index contributed by atoms with van der Waals surface area (Å²) in [6, 6.07) is 12.2. The SMILES string of the molecule is O=C(c1c[nH]c2ncccc12)[N+]1(S(=O)(=O)Nc2ccccc2)CCCC1. The summed E-state index contributed by atoms with van der Waals surface area (Å²) in [7, 11) is -3.96. The molecule has 1 amide bonds. The second kappa shape index (κ2) is 6.22. The van der Waals surface area contributed by atoms with Crippen molar-refractivity contribution in [2.45, 2.75) is 12.8 Å². The summed E-state index contributed by atoms with van der Waals surface area (Å²) in [6.07, 6.45) is 4.54. The lowest BCUT2D eigenvalue weighted by molar-refractivity contribution is -0.704. The lowest BCUT2D eigenvalue weighted by Gasteiger charge is -2.29. The molecule has 1 saturated heterocycles. The predicted octanol–water partition coefficient (Wildman–Crippen LogP) is 2.67. The van der Waals surface area contributed by atoms with Gasteiger partial charge in [-0.05, 0) is 24.3 Å². The smallest absolute Gasteiger partial charge is 0.345 e. The van der Waals surface area contributed by atoms with Crippen LogP contribution in [0.25, 0.3) is 11.0 Å². The van der Waals surface area contributed by atoms with Crippen LogP contribution in [0.15, 0.2) is 54.9 Å². The van der Waals surface area contributed by atoms with E-state index in [0.29, 0.717) is 35.1 Å². The number of H-pyrrole nitrogens is 1. The molecule has 2 N–H and O–H groups in total. The molecule has 0 spiro atoms. The first kappa shape index (κ1) is 16.7. The van der Waals surface area contributed by atoms with E-state index in [2.05, 4.69) is 14.7 Å². The summed E-state index contributed by atoms with van der Waals surface area (Å²) >= 11 is 0. The van der Waals surface area contributed by atoms with Gasteiger partial charge in [-0.25, -0.2) is 14.5 Å². The number of nitrogens with one attached hydrogen (secondary N) is 2. The van der Waals surface area contributed by atoms with Gasteiger partial charge in [0.05, 0.1) is 5.69 Å². The second-order valence-electron chi connectivity index (χ2n) is 6.39. The number of anilines is 1. The lowest BCUT2D eigenvalue weighted by Crippen LogP contribution is -2.57. The quantitative estimate of drug-likeness (QED) is 0.690. The third-order valence-corrected chi connectivity index (χ3v) is 6.77. The fraction of sp³-hybridized carbons (Fsp3) is 0.222. The maximum Gasteiger partial charge on any atom is 0.401 e. The van der Waals surface area contributed by atoms with Gasteiger partial charge in [0.25, 0.3) is 0 Å². The third-order valence-electron chi connectivity index (χ3n) is 4.82. The van der Waals surface area contributed by atoms with Gasteiger partial charge in [0.2, 0.25) is 0 Å². The number of hydrogen-bond donors (Lipinski definition) is 2. The van der Waals surface area contributed by atoms with Crippen LogP contribution >= 0.6 is 0 Å². The summed E-state index contributed by atoms with van der Waals surface area (Å²) in [5.41, 5.74) is 1.38. The number of carbonyl (C=O) groups excluding carboxylic acids is 1. The molecule has 134 valence electrons. The minimum Gasteiger partial charge on any atom is -0.345 e. The van der Waals surface area contributed by atoms with Crippen LogP contribution in [0.1, 0.15) is 23.2 Å². The van der Waals surface area contributed by atoms with E-state index in [9.17, 15) is 13.2 Å². The molecular formula is C18H19N4O3S+. The van der Waals surface area contributed by atoms with Crippen molar-refractivity contribution in [3.8, 4) is 0 Å². The highest BCUT2D eigenvalue weighted by Gasteiger charge is 2.52. The zero-order valence-corrected chi connectivity index (χ0v) is 14.9. The third kappa shape index (κ3) is 2.58. The fourth-order valence-corrected chi connectivity index (χ4v) is 5.16. The summed E-state index contributed by atoms with van der Waals surface area (Å²) < 4.78 is 28.4. The number of fused-ring (bicyclic) bond motifs is 1. The highest BCUT2D eigenvalue weighted by Crippen LogP contribution is 2.31. The number of aromatic nitrogens is 2. The fourth-order valence-electron chi connectivity index (χ4n) is 3.49. The van der Waals surface area contributed by atoms with Gasteiger partial charge >= 0.3 is 16.1 Å². The topological polar surface area (TPSA) is 91.9 Å². The minimum atomic E-state index is -3.96. The van der Waals surface area contributed by atoms with Crippen LogP contribution in [-0.2, 0) is 10.2 Å². The Labute approximate surface area is 151 Å². The Morgan fingerprint density at radius 2 is 1.81 bits per heavy atom. The maximum atomic E-state index is 13.4. The number of benzene rings is 1. The second-order valence-corrected chi connectivity index (χ2v) is 8.25. The predicted molar refractivity (Wildman–Crippen MR) is 98.6 cm³/mol. The van der Waals surface area contributed by atoms with Gasteiger partial charge in [-0.1, -0.05) is 18.2 Å². The molecule has 4 rings (SSSR count). The van der Waals surface area contributed by atoms with E-state index in [4.69, 9.17) is 0 Å². The molecule has 26 heavy (non-hydrogen) atoms. The first-order valence-corrected chi connectivity index (χ1v) is 9.90. The average Bonchev–Trinajstić information content (AvgIpc) is 3.30. The van der Waals surface area contributed by atoms with Crippen LogP contribution in [0.3, 0.4) is 0 Å². The van der Waals surface area contributed by atoms with Crippen LogP contribution < -0.4 is 4.72 Å². The van der Waals surface area contributed by atoms with Gasteiger partial charge in [0.1, 0.15) is 24.3 Å². The van der Waals surface area contributed by atoms with Crippen LogP contribution in [0.5, 0.6) is 0 Å². The number of hydrogen-bond acceptors (Lipinski definition) is 4. The van der Waals surface area contributed by atoms with Crippen molar-refractivity contribution < 1.29 is 17.1 Å². The maximum absolute atomic E-state index is 13.4. The van der Waals surface area contributed by atoms with E-state index >= 15 is 0 Å². The van der Waals surface area contributed by atoms with Crippen molar-refractivity contribution >= 4 is 32.8 Å². The molecule has 1 aliphatic rings. The van der Waals surface area contributed by atoms with E-state index in [1.54, 1.807) is 48.8 Å². The zero-order valence-electron chi connectivity index (χ0n) is 14.1. The number of likely N-dealkylation sites (tertiary alicyclic amines) is 1. The molecule has 1 aromatic carbocycles. The summed E-state index contributed by atoms with van der Waals surface area (Å²) in [6.45, 7) is 0.516. The largest absolute Gasteiger partial charge is 0.401 e. The molecule has 8 heteroatoms. The van der Waals surface area contributed by atoms with Crippen molar-refractivity contribution in [1.29, 1.82) is 0 Å². The van der Waals surface area contributed by atoms with Crippen LogP contribution in [0.2, 0.25) is 0 Å². The summed E-state index contributed by atoms with van der Waals surface area (Å²) in [4.78, 5) is 20.5. The molecule has 0 radical (unpaired) electrons. The Hall–Kier alpha value is -2.71. The normalized spacial score (nSPS) is 16.6. The number of amides is 1. The molecule has 0 aliphatic carbocycles. The van der Waals surface area contributed by atoms with Gasteiger partial charge in [-0.3, -0.25) is 0 Å². The van der Waals surface area contributed by atoms with Crippen LogP contribution in [-0.4, -0.2) is 41.3 Å². The number of pyridine rings is 1. The molecule has 0 bridgehead atoms. The monoisotopic (exact) mass is 371 g/mol. The number of rotatable bonds is 4. The Morgan fingerprint density at radius 3 is 2.54 bits per heavy atom. The van der Waals surface area contributed by atoms with Crippen molar-refractivity contribution in [3.63, 3.8) is 0 Å². The van der Waals surface area contributed by atoms with Crippen LogP contribution in [0, 0.1) is 0 Å². The van der Waals surface area contributed by atoms with Gasteiger partial charge in [-0.15, -0.1) is 3.89 Å². The Balaban J connectivity index is 1.78.